The second-order valence-corrected chi connectivity index (χ2v) is 10.8. The van der Waals surface area contributed by atoms with Crippen molar-refractivity contribution in [3.05, 3.63) is 30.3 Å². The molecule has 0 aliphatic carbocycles. The van der Waals surface area contributed by atoms with Crippen LogP contribution in [0.15, 0.2) is 30.3 Å². The SMILES string of the molecule is CCC[Si]1(c2ccccc2)CCC(CBr)CC1. The van der Waals surface area contributed by atoms with Crippen molar-refractivity contribution in [2.75, 3.05) is 5.33 Å². The van der Waals surface area contributed by atoms with Crippen LogP contribution in [0.5, 0.6) is 0 Å². The Bertz CT molecular complexity index is 328. The van der Waals surface area contributed by atoms with Crippen LogP contribution in [0.2, 0.25) is 18.1 Å². The molecule has 1 heterocycles. The summed E-state index contributed by atoms with van der Waals surface area (Å²) in [4.78, 5) is 0. The van der Waals surface area contributed by atoms with Crippen LogP contribution in [0.4, 0.5) is 0 Å². The van der Waals surface area contributed by atoms with Crippen LogP contribution >= 0.6 is 15.9 Å². The van der Waals surface area contributed by atoms with Gasteiger partial charge in [0.1, 0.15) is 0 Å². The molecule has 0 N–H and O–H groups in total. The minimum absolute atomic E-state index is 0.941. The van der Waals surface area contributed by atoms with Crippen LogP contribution in [0.3, 0.4) is 0 Å². The smallest absolute Gasteiger partial charge is 0.0867 e. The van der Waals surface area contributed by atoms with E-state index in [4.69, 9.17) is 0 Å². The number of hydrogen-bond acceptors (Lipinski definition) is 0. The van der Waals surface area contributed by atoms with E-state index >= 15 is 0 Å². The van der Waals surface area contributed by atoms with Gasteiger partial charge in [-0.15, -0.1) is 0 Å². The Labute approximate surface area is 115 Å². The van der Waals surface area contributed by atoms with Crippen LogP contribution in [0.1, 0.15) is 26.2 Å². The summed E-state index contributed by atoms with van der Waals surface area (Å²) in [6, 6.07) is 15.9. The average molecular weight is 311 g/mol. The summed E-state index contributed by atoms with van der Waals surface area (Å²) in [6.07, 6.45) is 4.26. The zero-order valence-corrected chi connectivity index (χ0v) is 13.4. The van der Waals surface area contributed by atoms with Crippen molar-refractivity contribution in [3.8, 4) is 0 Å². The molecule has 94 valence electrons. The summed E-state index contributed by atoms with van der Waals surface area (Å²) in [5.41, 5.74) is 0. The average Bonchev–Trinajstić information content (AvgIpc) is 2.41. The maximum atomic E-state index is 3.66. The summed E-state index contributed by atoms with van der Waals surface area (Å²) in [5, 5.41) is 2.92. The van der Waals surface area contributed by atoms with Crippen molar-refractivity contribution in [3.63, 3.8) is 0 Å². The number of halogens is 1. The molecule has 0 radical (unpaired) electrons. The van der Waals surface area contributed by atoms with Gasteiger partial charge in [-0.1, -0.05) is 95.8 Å². The minimum Gasteiger partial charge on any atom is -0.0925 e. The molecule has 0 nitrogen and oxygen atoms in total. The van der Waals surface area contributed by atoms with E-state index in [9.17, 15) is 0 Å². The molecule has 1 aliphatic rings. The zero-order valence-electron chi connectivity index (χ0n) is 10.8. The molecule has 2 rings (SSSR count). The lowest BCUT2D eigenvalue weighted by atomic mass is 10.1. The molecule has 0 unspecified atom stereocenters. The summed E-state index contributed by atoms with van der Waals surface area (Å²) in [7, 11) is -1.14. The second kappa shape index (κ2) is 6.19. The van der Waals surface area contributed by atoms with E-state index in [1.54, 1.807) is 5.19 Å². The van der Waals surface area contributed by atoms with Crippen molar-refractivity contribution in [1.29, 1.82) is 0 Å². The highest BCUT2D eigenvalue weighted by molar-refractivity contribution is 9.09. The molecule has 1 aliphatic heterocycles. The van der Waals surface area contributed by atoms with E-state index in [-0.39, 0.29) is 0 Å². The Morgan fingerprint density at radius 3 is 2.35 bits per heavy atom. The van der Waals surface area contributed by atoms with Gasteiger partial charge in [0.2, 0.25) is 0 Å². The molecular weight excluding hydrogens is 288 g/mol. The van der Waals surface area contributed by atoms with Gasteiger partial charge >= 0.3 is 0 Å². The maximum absolute atomic E-state index is 3.66. The van der Waals surface area contributed by atoms with E-state index in [0.717, 1.165) is 5.92 Å². The van der Waals surface area contributed by atoms with E-state index in [0.29, 0.717) is 0 Å². The number of hydrogen-bond donors (Lipinski definition) is 0. The first-order valence-electron chi connectivity index (χ1n) is 6.92. The summed E-state index contributed by atoms with van der Waals surface area (Å²) >= 11 is 3.66. The van der Waals surface area contributed by atoms with E-state index < -0.39 is 8.07 Å². The largest absolute Gasteiger partial charge is 0.0925 e. The lowest BCUT2D eigenvalue weighted by molar-refractivity contribution is 0.523. The van der Waals surface area contributed by atoms with Crippen molar-refractivity contribution in [1.82, 2.24) is 0 Å². The van der Waals surface area contributed by atoms with Gasteiger partial charge in [-0.25, -0.2) is 0 Å². The van der Waals surface area contributed by atoms with Gasteiger partial charge < -0.3 is 0 Å². The van der Waals surface area contributed by atoms with Crippen LogP contribution in [-0.4, -0.2) is 13.4 Å². The number of alkyl halides is 1. The van der Waals surface area contributed by atoms with E-state index in [2.05, 4.69) is 53.2 Å². The van der Waals surface area contributed by atoms with Crippen molar-refractivity contribution in [2.24, 2.45) is 5.92 Å². The van der Waals surface area contributed by atoms with Gasteiger partial charge in [0.05, 0.1) is 8.07 Å². The van der Waals surface area contributed by atoms with Crippen molar-refractivity contribution >= 4 is 29.2 Å². The molecule has 0 aromatic heterocycles. The molecule has 0 spiro atoms. The molecule has 0 bridgehead atoms. The normalized spacial score (nSPS) is 29.2. The van der Waals surface area contributed by atoms with Gasteiger partial charge in [-0.3, -0.25) is 0 Å². The first-order valence-corrected chi connectivity index (χ1v) is 10.7. The topological polar surface area (TPSA) is 0 Å². The molecule has 1 saturated heterocycles. The fourth-order valence-corrected chi connectivity index (χ4v) is 9.38. The lowest BCUT2D eigenvalue weighted by Crippen LogP contribution is -2.50. The standard InChI is InChI=1S/C15H23BrSi/c1-2-10-17(15-6-4-3-5-7-15)11-8-14(13-16)9-12-17/h3-7,14H,2,8-13H2,1H3. The van der Waals surface area contributed by atoms with Crippen LogP contribution in [0.25, 0.3) is 0 Å². The van der Waals surface area contributed by atoms with E-state index in [1.807, 2.05) is 0 Å². The lowest BCUT2D eigenvalue weighted by Gasteiger charge is -2.38. The summed E-state index contributed by atoms with van der Waals surface area (Å²) in [6.45, 7) is 2.36. The number of benzene rings is 1. The Morgan fingerprint density at radius 2 is 1.82 bits per heavy atom. The summed E-state index contributed by atoms with van der Waals surface area (Å²) in [5.74, 6) is 0.941. The third kappa shape index (κ3) is 3.03. The molecule has 1 fully saturated rings. The molecule has 17 heavy (non-hydrogen) atoms. The van der Waals surface area contributed by atoms with Gasteiger partial charge in [0.15, 0.2) is 0 Å². The number of rotatable bonds is 4. The first kappa shape index (κ1) is 13.4. The van der Waals surface area contributed by atoms with Crippen LogP contribution in [0, 0.1) is 5.92 Å². The Morgan fingerprint density at radius 1 is 1.18 bits per heavy atom. The highest BCUT2D eigenvalue weighted by atomic mass is 79.9. The van der Waals surface area contributed by atoms with Gasteiger partial charge in [0, 0.05) is 5.33 Å². The first-order chi connectivity index (χ1) is 8.30. The second-order valence-electron chi connectivity index (χ2n) is 5.49. The minimum atomic E-state index is -1.14. The highest BCUT2D eigenvalue weighted by Crippen LogP contribution is 2.36. The molecule has 0 amide bonds. The fraction of sp³-hybridized carbons (Fsp3) is 0.600. The highest BCUT2D eigenvalue weighted by Gasteiger charge is 2.37. The quantitative estimate of drug-likeness (QED) is 0.565. The molecule has 0 saturated carbocycles. The Kier molecular flexibility index (Phi) is 4.86. The zero-order chi connectivity index (χ0) is 12.1. The van der Waals surface area contributed by atoms with Crippen LogP contribution in [-0.2, 0) is 0 Å². The predicted octanol–water partition coefficient (Wildman–Crippen LogP) is 4.56. The Hall–Kier alpha value is -0.0831. The molecule has 1 aromatic carbocycles. The van der Waals surface area contributed by atoms with Gasteiger partial charge in [-0.05, 0) is 5.92 Å². The van der Waals surface area contributed by atoms with Gasteiger partial charge in [0.25, 0.3) is 0 Å². The molecule has 1 aromatic rings. The Balaban J connectivity index is 2.17. The third-order valence-corrected chi connectivity index (χ3v) is 10.8. The monoisotopic (exact) mass is 310 g/mol. The fourth-order valence-electron chi connectivity index (χ4n) is 3.34. The molecular formula is C15H23BrSi. The predicted molar refractivity (Wildman–Crippen MR) is 83.1 cm³/mol. The maximum Gasteiger partial charge on any atom is 0.0867 e. The molecule has 2 heteroatoms. The molecule has 0 atom stereocenters. The third-order valence-electron chi connectivity index (χ3n) is 4.40. The summed E-state index contributed by atoms with van der Waals surface area (Å²) < 4.78 is 0. The van der Waals surface area contributed by atoms with Gasteiger partial charge in [-0.2, -0.15) is 0 Å². The van der Waals surface area contributed by atoms with Crippen LogP contribution < -0.4 is 5.19 Å². The van der Waals surface area contributed by atoms with E-state index in [1.165, 1.54) is 42.7 Å². The van der Waals surface area contributed by atoms with Crippen molar-refractivity contribution < 1.29 is 0 Å². The van der Waals surface area contributed by atoms with Crippen molar-refractivity contribution in [2.45, 2.75) is 44.3 Å².